The van der Waals surface area contributed by atoms with E-state index in [0.29, 0.717) is 16.7 Å². The third-order valence-corrected chi connectivity index (χ3v) is 7.45. The Labute approximate surface area is 288 Å². The molecule has 0 bridgehead atoms. The molecule has 3 unspecified atom stereocenters. The van der Waals surface area contributed by atoms with Crippen molar-refractivity contribution in [1.82, 2.24) is 14.3 Å². The van der Waals surface area contributed by atoms with Crippen molar-refractivity contribution in [3.63, 3.8) is 0 Å². The van der Waals surface area contributed by atoms with Gasteiger partial charge in [0.25, 0.3) is 13.4 Å². The third kappa shape index (κ3) is 9.00. The molecule has 39 heavy (non-hydrogen) atoms. The Balaban J connectivity index is 0. The van der Waals surface area contributed by atoms with E-state index >= 15 is 0 Å². The van der Waals surface area contributed by atoms with Gasteiger partial charge in [-0.3, -0.25) is 23.0 Å². The number of aliphatic hydroxyl groups excluding tert-OH is 2. The summed E-state index contributed by atoms with van der Waals surface area (Å²) in [5, 5.41) is 25.2. The van der Waals surface area contributed by atoms with Crippen LogP contribution in [0.3, 0.4) is 0 Å². The summed E-state index contributed by atoms with van der Waals surface area (Å²) in [6.45, 7) is 0.586. The van der Waals surface area contributed by atoms with Crippen LogP contribution in [0, 0.1) is 6.92 Å². The number of phosphoric ester groups is 1. The normalized spacial score (nSPS) is 23.6. The number of hydrogen-bond donors (Lipinski definition) is 4. The van der Waals surface area contributed by atoms with Crippen molar-refractivity contribution < 1.29 is 144 Å². The zero-order valence-electron chi connectivity index (χ0n) is 23.3. The summed E-state index contributed by atoms with van der Waals surface area (Å²) >= 11 is 0. The van der Waals surface area contributed by atoms with E-state index in [-0.39, 0.29) is 98.1 Å². The van der Waals surface area contributed by atoms with Crippen molar-refractivity contribution in [3.05, 3.63) is 62.6 Å². The Morgan fingerprint density at radius 1 is 1.13 bits per heavy atom. The minimum atomic E-state index is -5.63. The maximum absolute atomic E-state index is 13.1. The molecule has 2 aromatic heterocycles. The van der Waals surface area contributed by atoms with E-state index in [1.807, 2.05) is 6.92 Å². The van der Waals surface area contributed by atoms with Crippen LogP contribution in [-0.2, 0) is 29.2 Å². The van der Waals surface area contributed by atoms with Crippen LogP contribution >= 0.6 is 15.6 Å². The van der Waals surface area contributed by atoms with E-state index in [2.05, 4.69) is 14.0 Å². The molecule has 1 fully saturated rings. The summed E-state index contributed by atoms with van der Waals surface area (Å²) in [4.78, 5) is 54.1. The number of aliphatic hydroxyl groups is 2. The van der Waals surface area contributed by atoms with E-state index in [1.54, 1.807) is 18.2 Å². The quantitative estimate of drug-likeness (QED) is 0.135. The van der Waals surface area contributed by atoms with Gasteiger partial charge in [-0.1, -0.05) is 16.8 Å². The van der Waals surface area contributed by atoms with Gasteiger partial charge in [0.1, 0.15) is 24.0 Å². The summed E-state index contributed by atoms with van der Waals surface area (Å²) in [7, 11) is -10.9. The molecule has 21 heteroatoms. The fourth-order valence-electron chi connectivity index (χ4n) is 3.66. The molecule has 3 heterocycles. The summed E-state index contributed by atoms with van der Waals surface area (Å²) in [5.74, 6) is 0. The molecular formula is C18H22N3Na3O13P2. The molecule has 0 spiro atoms. The molecule has 4 rings (SSSR count). The van der Waals surface area contributed by atoms with Crippen LogP contribution in [0.15, 0.2) is 44.6 Å². The maximum Gasteiger partial charge on any atom is 1.00 e. The zero-order valence-corrected chi connectivity index (χ0v) is 29.1. The molecule has 1 aliphatic rings. The first-order valence-corrected chi connectivity index (χ1v) is 13.2. The number of aryl methyl sites for hydroxylation is 1. The Kier molecular flexibility index (Phi) is 14.2. The molecular weight excluding hydrogens is 597 g/mol. The number of ether oxygens (including phenoxy) is 1. The van der Waals surface area contributed by atoms with E-state index in [0.717, 1.165) is 27.0 Å². The molecule has 6 atom stereocenters. The van der Waals surface area contributed by atoms with Gasteiger partial charge < -0.3 is 37.0 Å². The molecule has 0 amide bonds. The molecule has 1 aromatic carbocycles. The van der Waals surface area contributed by atoms with Crippen LogP contribution in [0.25, 0.3) is 11.0 Å². The van der Waals surface area contributed by atoms with Crippen LogP contribution in [0.2, 0.25) is 0 Å². The molecule has 0 radical (unpaired) electrons. The standard InChI is InChI=1S/C18H21N3O13P2.3Na.2H/c1-9-2-3-12-10(6-9)11(19-33-12)7-21-14(22)4-5-20(18(21)25)17-16(24)15(23)13(32-17)8-31-36(29,30)34-35(26,27)28;;;;;/h2-6,13,15-17,23-24H,7-8H2,1H3,(H,29,30)(H2,26,27,28);;;;;/q;3*+1;2*-1/p-1/t13-,15+,16?,17-;;;;;/m1...../s1. The number of rotatable bonds is 8. The van der Waals surface area contributed by atoms with E-state index in [9.17, 15) is 38.7 Å². The van der Waals surface area contributed by atoms with Gasteiger partial charge >= 0.3 is 102 Å². The minimum absolute atomic E-state index is 0. The van der Waals surface area contributed by atoms with Gasteiger partial charge in [0.05, 0.1) is 13.2 Å². The fraction of sp³-hybridized carbons (Fsp3) is 0.389. The first-order valence-electron chi connectivity index (χ1n) is 10.2. The average molecular weight is 619 g/mol. The Hall–Kier alpha value is 0.510. The van der Waals surface area contributed by atoms with Crippen LogP contribution in [0.4, 0.5) is 0 Å². The molecule has 3 aromatic rings. The fourth-order valence-corrected chi connectivity index (χ4v) is 5.22. The van der Waals surface area contributed by atoms with Crippen molar-refractivity contribution in [3.8, 4) is 0 Å². The van der Waals surface area contributed by atoms with Gasteiger partial charge in [-0.25, -0.2) is 13.7 Å². The molecule has 16 nitrogen and oxygen atoms in total. The van der Waals surface area contributed by atoms with Crippen LogP contribution in [-0.4, -0.2) is 59.2 Å². The first-order chi connectivity index (χ1) is 16.8. The summed E-state index contributed by atoms with van der Waals surface area (Å²) in [6.07, 6.45) is -5.60. The topological polar surface area (TPSA) is 236 Å². The number of hydrogen-bond acceptors (Lipinski definition) is 12. The summed E-state index contributed by atoms with van der Waals surface area (Å²) in [5.41, 5.74) is -0.00202. The summed E-state index contributed by atoms with van der Waals surface area (Å²) < 4.78 is 42.4. The van der Waals surface area contributed by atoms with Gasteiger partial charge in [-0.2, -0.15) is 0 Å². The molecule has 0 saturated carbocycles. The van der Waals surface area contributed by atoms with Crippen molar-refractivity contribution in [2.24, 2.45) is 0 Å². The van der Waals surface area contributed by atoms with Crippen LogP contribution in [0.5, 0.6) is 0 Å². The first kappa shape index (κ1) is 37.5. The second kappa shape index (κ2) is 14.8. The van der Waals surface area contributed by atoms with Crippen molar-refractivity contribution in [2.75, 3.05) is 6.61 Å². The van der Waals surface area contributed by atoms with E-state index in [1.165, 1.54) is 0 Å². The Bertz CT molecular complexity index is 1520. The average Bonchev–Trinajstić information content (AvgIpc) is 3.29. The number of aromatic nitrogens is 3. The Morgan fingerprint density at radius 3 is 2.44 bits per heavy atom. The monoisotopic (exact) mass is 619 g/mol. The van der Waals surface area contributed by atoms with Gasteiger partial charge in [0.15, 0.2) is 11.8 Å². The molecule has 4 N–H and O–H groups in total. The largest absolute Gasteiger partial charge is 1.00 e. The van der Waals surface area contributed by atoms with Crippen LogP contribution < -0.4 is 105 Å². The van der Waals surface area contributed by atoms with Crippen molar-refractivity contribution in [2.45, 2.75) is 38.0 Å². The van der Waals surface area contributed by atoms with Crippen molar-refractivity contribution >= 4 is 26.6 Å². The Morgan fingerprint density at radius 2 is 1.79 bits per heavy atom. The molecule has 1 saturated heterocycles. The molecule has 1 aliphatic heterocycles. The predicted molar refractivity (Wildman–Crippen MR) is 118 cm³/mol. The number of phosphoric acid groups is 2. The second-order valence-electron chi connectivity index (χ2n) is 7.92. The molecule has 0 aliphatic carbocycles. The number of nitrogens with zero attached hydrogens (tertiary/aromatic N) is 3. The van der Waals surface area contributed by atoms with Gasteiger partial charge in [-0.15, -0.1) is 0 Å². The molecule has 200 valence electrons. The third-order valence-electron chi connectivity index (χ3n) is 5.32. The van der Waals surface area contributed by atoms with E-state index in [4.69, 9.17) is 14.2 Å². The smallest absolute Gasteiger partial charge is 1.00 e. The predicted octanol–water partition coefficient (Wildman–Crippen LogP) is -10.0. The van der Waals surface area contributed by atoms with Gasteiger partial charge in [0, 0.05) is 17.6 Å². The van der Waals surface area contributed by atoms with Crippen molar-refractivity contribution in [1.29, 1.82) is 0 Å². The number of benzene rings is 1. The van der Waals surface area contributed by atoms with Gasteiger partial charge in [-0.05, 0) is 19.1 Å². The SMILES string of the molecule is Cc1ccc2onc(Cn3c(=O)ccn([C@@H]4O[C@H](COP(=O)(O)OP(=O)([O-])O)[C@H](O)C4O)c3=O)c2c1.[H-].[H-].[Na+].[Na+].[Na+]. The second-order valence-corrected chi connectivity index (χ2v) is 10.7. The van der Waals surface area contributed by atoms with Crippen LogP contribution in [0.1, 0.15) is 20.3 Å². The zero-order chi connectivity index (χ0) is 26.4. The minimum Gasteiger partial charge on any atom is -1.00 e. The summed E-state index contributed by atoms with van der Waals surface area (Å²) in [6, 6.07) is 6.27. The maximum atomic E-state index is 13.1. The van der Waals surface area contributed by atoms with Gasteiger partial charge in [0.2, 0.25) is 0 Å². The van der Waals surface area contributed by atoms with E-state index < -0.39 is 58.0 Å². The number of fused-ring (bicyclic) bond motifs is 1.